The molecule has 19 heavy (non-hydrogen) atoms. The van der Waals surface area contributed by atoms with E-state index in [0.717, 1.165) is 11.3 Å². The van der Waals surface area contributed by atoms with Crippen molar-refractivity contribution in [2.24, 2.45) is 0 Å². The van der Waals surface area contributed by atoms with Crippen molar-refractivity contribution >= 4 is 11.8 Å². The Morgan fingerprint density at radius 1 is 1.21 bits per heavy atom. The molecule has 0 aliphatic heterocycles. The van der Waals surface area contributed by atoms with E-state index >= 15 is 0 Å². The highest BCUT2D eigenvalue weighted by atomic mass is 32.2. The Kier molecular flexibility index (Phi) is 3.91. The SMILES string of the molecule is CC(C)(C)c1nnc(SCc2ccc(C#N)cc2)o1. The van der Waals surface area contributed by atoms with E-state index in [9.17, 15) is 0 Å². The third-order valence-electron chi connectivity index (χ3n) is 2.49. The van der Waals surface area contributed by atoms with Crippen LogP contribution in [0.5, 0.6) is 0 Å². The molecule has 1 heterocycles. The van der Waals surface area contributed by atoms with Gasteiger partial charge in [-0.15, -0.1) is 10.2 Å². The first-order chi connectivity index (χ1) is 8.99. The number of hydrogen-bond acceptors (Lipinski definition) is 5. The number of thioether (sulfide) groups is 1. The molecular weight excluding hydrogens is 258 g/mol. The molecule has 0 aliphatic rings. The molecule has 0 unspecified atom stereocenters. The van der Waals surface area contributed by atoms with Gasteiger partial charge in [-0.25, -0.2) is 0 Å². The average Bonchev–Trinajstić information content (AvgIpc) is 2.86. The Hall–Kier alpha value is -1.80. The number of benzene rings is 1. The smallest absolute Gasteiger partial charge is 0.276 e. The number of rotatable bonds is 3. The van der Waals surface area contributed by atoms with Crippen LogP contribution in [-0.4, -0.2) is 10.2 Å². The van der Waals surface area contributed by atoms with Gasteiger partial charge in [-0.2, -0.15) is 5.26 Å². The van der Waals surface area contributed by atoms with E-state index in [-0.39, 0.29) is 5.41 Å². The number of hydrogen-bond donors (Lipinski definition) is 0. The molecule has 2 rings (SSSR count). The van der Waals surface area contributed by atoms with Crippen LogP contribution in [0.4, 0.5) is 0 Å². The van der Waals surface area contributed by atoms with Crippen molar-refractivity contribution in [2.75, 3.05) is 0 Å². The number of aromatic nitrogens is 2. The summed E-state index contributed by atoms with van der Waals surface area (Å²) < 4.78 is 5.60. The molecule has 0 atom stereocenters. The normalized spacial score (nSPS) is 11.3. The molecule has 2 aromatic rings. The fraction of sp³-hybridized carbons (Fsp3) is 0.357. The number of nitrogens with zero attached hydrogens (tertiary/aromatic N) is 3. The van der Waals surface area contributed by atoms with Gasteiger partial charge in [-0.3, -0.25) is 0 Å². The van der Waals surface area contributed by atoms with Crippen LogP contribution < -0.4 is 0 Å². The van der Waals surface area contributed by atoms with Crippen molar-refractivity contribution in [1.29, 1.82) is 5.26 Å². The predicted molar refractivity (Wildman–Crippen MR) is 73.7 cm³/mol. The van der Waals surface area contributed by atoms with Gasteiger partial charge in [0.25, 0.3) is 5.22 Å². The van der Waals surface area contributed by atoms with E-state index < -0.39 is 0 Å². The fourth-order valence-electron chi connectivity index (χ4n) is 1.39. The Morgan fingerprint density at radius 2 is 1.89 bits per heavy atom. The summed E-state index contributed by atoms with van der Waals surface area (Å²) in [6, 6.07) is 9.59. The summed E-state index contributed by atoms with van der Waals surface area (Å²) in [5.41, 5.74) is 1.67. The lowest BCUT2D eigenvalue weighted by Gasteiger charge is -2.10. The molecule has 0 N–H and O–H groups in total. The zero-order valence-electron chi connectivity index (χ0n) is 11.2. The molecular formula is C14H15N3OS. The standard InChI is InChI=1S/C14H15N3OS/c1-14(2,3)12-16-17-13(18-12)19-9-11-6-4-10(8-15)5-7-11/h4-7H,9H2,1-3H3. The van der Waals surface area contributed by atoms with E-state index in [2.05, 4.69) is 16.3 Å². The molecule has 0 bridgehead atoms. The van der Waals surface area contributed by atoms with Crippen molar-refractivity contribution in [2.45, 2.75) is 37.2 Å². The van der Waals surface area contributed by atoms with Crippen molar-refractivity contribution in [3.63, 3.8) is 0 Å². The van der Waals surface area contributed by atoms with Crippen LogP contribution in [0.2, 0.25) is 0 Å². The third-order valence-corrected chi connectivity index (χ3v) is 3.38. The molecule has 0 amide bonds. The average molecular weight is 273 g/mol. The molecule has 98 valence electrons. The van der Waals surface area contributed by atoms with Crippen molar-refractivity contribution in [3.05, 3.63) is 41.3 Å². The minimum Gasteiger partial charge on any atom is -0.415 e. The van der Waals surface area contributed by atoms with Gasteiger partial charge >= 0.3 is 0 Å². The maximum absolute atomic E-state index is 8.73. The van der Waals surface area contributed by atoms with Gasteiger partial charge in [0.15, 0.2) is 0 Å². The second-order valence-electron chi connectivity index (χ2n) is 5.22. The minimum atomic E-state index is -0.125. The van der Waals surface area contributed by atoms with E-state index in [4.69, 9.17) is 9.68 Å². The predicted octanol–water partition coefficient (Wildman–Crippen LogP) is 3.53. The molecule has 0 radical (unpaired) electrons. The quantitative estimate of drug-likeness (QED) is 0.800. The highest BCUT2D eigenvalue weighted by molar-refractivity contribution is 7.98. The van der Waals surface area contributed by atoms with Crippen LogP contribution in [0, 0.1) is 11.3 Å². The zero-order chi connectivity index (χ0) is 13.9. The van der Waals surface area contributed by atoms with Gasteiger partial charge in [0, 0.05) is 11.2 Å². The van der Waals surface area contributed by atoms with Gasteiger partial charge in [0.2, 0.25) is 5.89 Å². The summed E-state index contributed by atoms with van der Waals surface area (Å²) in [6.07, 6.45) is 0. The third kappa shape index (κ3) is 3.58. The molecule has 4 nitrogen and oxygen atoms in total. The second kappa shape index (κ2) is 5.45. The lowest BCUT2D eigenvalue weighted by molar-refractivity contribution is 0.347. The summed E-state index contributed by atoms with van der Waals surface area (Å²) in [6.45, 7) is 6.11. The van der Waals surface area contributed by atoms with Gasteiger partial charge in [-0.1, -0.05) is 44.7 Å². The first-order valence-electron chi connectivity index (χ1n) is 5.95. The summed E-state index contributed by atoms with van der Waals surface area (Å²) >= 11 is 1.50. The van der Waals surface area contributed by atoms with Gasteiger partial charge in [-0.05, 0) is 17.7 Å². The molecule has 0 fully saturated rings. The van der Waals surface area contributed by atoms with E-state index in [1.54, 1.807) is 0 Å². The Balaban J connectivity index is 1.99. The maximum atomic E-state index is 8.73. The van der Waals surface area contributed by atoms with Crippen LogP contribution in [0.15, 0.2) is 33.9 Å². The van der Waals surface area contributed by atoms with Crippen LogP contribution in [0.3, 0.4) is 0 Å². The molecule has 1 aromatic carbocycles. The minimum absolute atomic E-state index is 0.125. The van der Waals surface area contributed by atoms with Crippen LogP contribution in [-0.2, 0) is 11.2 Å². The van der Waals surface area contributed by atoms with E-state index in [1.165, 1.54) is 11.8 Å². The second-order valence-corrected chi connectivity index (χ2v) is 6.15. The highest BCUT2D eigenvalue weighted by Crippen LogP contribution is 2.26. The highest BCUT2D eigenvalue weighted by Gasteiger charge is 2.21. The molecule has 0 saturated carbocycles. The van der Waals surface area contributed by atoms with E-state index in [0.29, 0.717) is 16.7 Å². The largest absolute Gasteiger partial charge is 0.415 e. The summed E-state index contributed by atoms with van der Waals surface area (Å²) in [5, 5.41) is 17.4. The monoisotopic (exact) mass is 273 g/mol. The van der Waals surface area contributed by atoms with Crippen LogP contribution in [0.1, 0.15) is 37.8 Å². The zero-order valence-corrected chi connectivity index (χ0v) is 12.0. The lowest BCUT2D eigenvalue weighted by Crippen LogP contribution is -2.11. The topological polar surface area (TPSA) is 62.7 Å². The first-order valence-corrected chi connectivity index (χ1v) is 6.93. The number of nitriles is 1. The molecule has 0 saturated heterocycles. The molecule has 5 heteroatoms. The molecule has 0 aliphatic carbocycles. The Bertz CT molecular complexity index is 590. The lowest BCUT2D eigenvalue weighted by atomic mass is 9.97. The Morgan fingerprint density at radius 3 is 2.42 bits per heavy atom. The first kappa shape index (κ1) is 13.6. The summed E-state index contributed by atoms with van der Waals surface area (Å²) in [4.78, 5) is 0. The molecule has 1 aromatic heterocycles. The maximum Gasteiger partial charge on any atom is 0.276 e. The van der Waals surface area contributed by atoms with Gasteiger partial charge < -0.3 is 4.42 Å². The van der Waals surface area contributed by atoms with Gasteiger partial charge in [0.05, 0.1) is 11.6 Å². The molecule has 0 spiro atoms. The summed E-state index contributed by atoms with van der Waals surface area (Å²) in [5.74, 6) is 1.40. The van der Waals surface area contributed by atoms with Crippen LogP contribution in [0.25, 0.3) is 0 Å². The van der Waals surface area contributed by atoms with E-state index in [1.807, 2.05) is 45.0 Å². The van der Waals surface area contributed by atoms with Gasteiger partial charge in [0.1, 0.15) is 0 Å². The van der Waals surface area contributed by atoms with Crippen molar-refractivity contribution < 1.29 is 4.42 Å². The van der Waals surface area contributed by atoms with Crippen molar-refractivity contribution in [1.82, 2.24) is 10.2 Å². The van der Waals surface area contributed by atoms with Crippen LogP contribution >= 0.6 is 11.8 Å². The van der Waals surface area contributed by atoms with Crippen molar-refractivity contribution in [3.8, 4) is 6.07 Å². The summed E-state index contributed by atoms with van der Waals surface area (Å²) in [7, 11) is 0. The Labute approximate surface area is 116 Å². The fourth-order valence-corrected chi connectivity index (χ4v) is 2.11.